The van der Waals surface area contributed by atoms with Crippen LogP contribution in [0.2, 0.25) is 0 Å². The first-order valence-corrected chi connectivity index (χ1v) is 14.6. The van der Waals surface area contributed by atoms with Gasteiger partial charge in [-0.25, -0.2) is 0 Å². The molecule has 0 nitrogen and oxygen atoms in total. The van der Waals surface area contributed by atoms with E-state index in [4.69, 9.17) is 0 Å². The molecular weight excluding hydrogens is 692 g/mol. The minimum atomic E-state index is -7.50. The average Bonchev–Trinajstić information content (AvgIpc) is 2.81. The molecule has 0 radical (unpaired) electrons. The van der Waals surface area contributed by atoms with Gasteiger partial charge in [0.25, 0.3) is 0 Å². The summed E-state index contributed by atoms with van der Waals surface area (Å²) in [5.41, 5.74) is 0. The predicted octanol–water partition coefficient (Wildman–Crippen LogP) is 7.22. The summed E-state index contributed by atoms with van der Waals surface area (Å²) in [6.07, 6.45) is 0. The van der Waals surface area contributed by atoms with E-state index in [1.54, 1.807) is 0 Å². The van der Waals surface area contributed by atoms with Crippen LogP contribution in [0.25, 0.3) is 0 Å². The number of halogens is 17. The first kappa shape index (κ1) is 28.6. The van der Waals surface area contributed by atoms with Crippen LogP contribution >= 0.6 is 35.0 Å². The molecule has 3 aromatic rings. The molecule has 0 amide bonds. The van der Waals surface area contributed by atoms with Gasteiger partial charge in [0, 0.05) is 0 Å². The SMILES string of the molecule is Fc1c(F)c(F)c(P(Br)(Br)(c2c(F)c(F)c(F)c(F)c2F)c2c(F)c(F)c(F)c(F)c2F)c(F)c1F. The molecule has 196 valence electrons. The van der Waals surface area contributed by atoms with Gasteiger partial charge in [-0.15, -0.1) is 0 Å². The van der Waals surface area contributed by atoms with E-state index in [1.807, 2.05) is 31.0 Å². The van der Waals surface area contributed by atoms with Gasteiger partial charge in [0.05, 0.1) is 0 Å². The van der Waals surface area contributed by atoms with E-state index in [1.165, 1.54) is 0 Å². The van der Waals surface area contributed by atoms with Crippen molar-refractivity contribution in [2.75, 3.05) is 0 Å². The Balaban J connectivity index is 2.88. The normalized spacial score (nSPS) is 13.2. The Hall–Kier alpha value is -2.00. The third kappa shape index (κ3) is 3.48. The maximum absolute atomic E-state index is 14.8. The van der Waals surface area contributed by atoms with Crippen molar-refractivity contribution in [3.8, 4) is 0 Å². The van der Waals surface area contributed by atoms with Gasteiger partial charge in [0.1, 0.15) is 0 Å². The molecule has 0 atom stereocenters. The van der Waals surface area contributed by atoms with E-state index in [9.17, 15) is 65.9 Å². The molecule has 18 heteroatoms. The second kappa shape index (κ2) is 8.79. The second-order valence-electron chi connectivity index (χ2n) is 6.66. The number of hydrogen-bond donors (Lipinski definition) is 0. The van der Waals surface area contributed by atoms with Crippen molar-refractivity contribution in [2.24, 2.45) is 0 Å². The van der Waals surface area contributed by atoms with Gasteiger partial charge in [-0.3, -0.25) is 0 Å². The van der Waals surface area contributed by atoms with E-state index >= 15 is 0 Å². The summed E-state index contributed by atoms with van der Waals surface area (Å²) in [6, 6.07) is 0. The van der Waals surface area contributed by atoms with Crippen LogP contribution in [-0.2, 0) is 0 Å². The Kier molecular flexibility index (Phi) is 6.98. The predicted molar refractivity (Wildman–Crippen MR) is 102 cm³/mol. The van der Waals surface area contributed by atoms with Crippen molar-refractivity contribution >= 4 is 50.9 Å². The van der Waals surface area contributed by atoms with Crippen molar-refractivity contribution in [2.45, 2.75) is 0 Å². The molecule has 0 N–H and O–H groups in total. The fourth-order valence-electron chi connectivity index (χ4n) is 3.15. The standard InChI is InChI=1S/C18Br2F15P/c19-36(20,16-10(30)4(24)1(21)5(25)11(16)31,17-12(32)6(26)2(22)7(27)13(17)33)18-14(34)8(28)3(23)9(29)15(18)35. The number of hydrogen-bond acceptors (Lipinski definition) is 0. The summed E-state index contributed by atoms with van der Waals surface area (Å²) in [5.74, 6) is -45.9. The van der Waals surface area contributed by atoms with E-state index in [-0.39, 0.29) is 0 Å². The fourth-order valence-corrected chi connectivity index (χ4v) is 12.1. The molecule has 0 aliphatic rings. The number of rotatable bonds is 3. The van der Waals surface area contributed by atoms with Gasteiger partial charge in [-0.05, 0) is 0 Å². The Morgan fingerprint density at radius 2 is 0.361 bits per heavy atom. The van der Waals surface area contributed by atoms with Crippen LogP contribution in [0.3, 0.4) is 0 Å². The van der Waals surface area contributed by atoms with Crippen molar-refractivity contribution in [3.63, 3.8) is 0 Å². The molecule has 0 saturated heterocycles. The van der Waals surface area contributed by atoms with Gasteiger partial charge >= 0.3 is 204 Å². The van der Waals surface area contributed by atoms with Crippen LogP contribution < -0.4 is 15.9 Å². The Bertz CT molecular complexity index is 1230. The monoisotopic (exact) mass is 690 g/mol. The fraction of sp³-hybridized carbons (Fsp3) is 0. The van der Waals surface area contributed by atoms with Crippen LogP contribution in [-0.4, -0.2) is 0 Å². The molecule has 0 aliphatic heterocycles. The molecule has 0 spiro atoms. The average molecular weight is 692 g/mol. The molecule has 0 saturated carbocycles. The van der Waals surface area contributed by atoms with Crippen LogP contribution in [0.1, 0.15) is 0 Å². The molecule has 0 fully saturated rings. The van der Waals surface area contributed by atoms with Crippen LogP contribution in [0.15, 0.2) is 0 Å². The molecule has 3 rings (SSSR count). The first-order chi connectivity index (χ1) is 16.3. The van der Waals surface area contributed by atoms with Crippen molar-refractivity contribution in [3.05, 3.63) is 87.3 Å². The summed E-state index contributed by atoms with van der Waals surface area (Å²) >= 11 is 3.88. The quantitative estimate of drug-likeness (QED) is 0.118. The van der Waals surface area contributed by atoms with Crippen molar-refractivity contribution in [1.82, 2.24) is 0 Å². The van der Waals surface area contributed by atoms with Crippen molar-refractivity contribution < 1.29 is 65.9 Å². The Morgan fingerprint density at radius 1 is 0.250 bits per heavy atom. The minimum absolute atomic E-state index is 1.94. The third-order valence-corrected chi connectivity index (χ3v) is 14.7. The van der Waals surface area contributed by atoms with Gasteiger partial charge < -0.3 is 0 Å². The molecule has 36 heavy (non-hydrogen) atoms. The molecule has 0 heterocycles. The summed E-state index contributed by atoms with van der Waals surface area (Å²) in [6.45, 7) is 0. The summed E-state index contributed by atoms with van der Waals surface area (Å²) in [5, 5.41) is -8.24. The molecule has 0 bridgehead atoms. The third-order valence-electron chi connectivity index (χ3n) is 4.74. The summed E-state index contributed by atoms with van der Waals surface area (Å²) < 4.78 is 206. The maximum atomic E-state index is 14.8. The van der Waals surface area contributed by atoms with Gasteiger partial charge in [-0.2, -0.15) is 0 Å². The zero-order valence-corrected chi connectivity index (χ0v) is 19.9. The molecular formula is C18Br2F15P. The van der Waals surface area contributed by atoms with Gasteiger partial charge in [0.15, 0.2) is 0 Å². The topological polar surface area (TPSA) is 0 Å². The first-order valence-electron chi connectivity index (χ1n) is 8.34. The summed E-state index contributed by atoms with van der Waals surface area (Å²) in [4.78, 5) is 0. The van der Waals surface area contributed by atoms with Crippen molar-refractivity contribution in [1.29, 1.82) is 0 Å². The molecule has 0 aliphatic carbocycles. The van der Waals surface area contributed by atoms with E-state index in [0.717, 1.165) is 0 Å². The van der Waals surface area contributed by atoms with Crippen LogP contribution in [0.4, 0.5) is 65.9 Å². The zero-order valence-electron chi connectivity index (χ0n) is 15.9. The Morgan fingerprint density at radius 3 is 0.500 bits per heavy atom. The second-order valence-corrected chi connectivity index (χ2v) is 21.2. The van der Waals surface area contributed by atoms with Crippen LogP contribution in [0.5, 0.6) is 0 Å². The zero-order chi connectivity index (χ0) is 27.8. The Labute approximate surface area is 204 Å². The molecule has 0 aromatic heterocycles. The van der Waals surface area contributed by atoms with Gasteiger partial charge in [0.2, 0.25) is 0 Å². The summed E-state index contributed by atoms with van der Waals surface area (Å²) in [7, 11) is 0. The van der Waals surface area contributed by atoms with E-state index < -0.39 is 107 Å². The van der Waals surface area contributed by atoms with Gasteiger partial charge in [-0.1, -0.05) is 0 Å². The number of benzene rings is 3. The molecule has 0 unspecified atom stereocenters. The van der Waals surface area contributed by atoms with Crippen LogP contribution in [0, 0.1) is 87.3 Å². The van der Waals surface area contributed by atoms with E-state index in [2.05, 4.69) is 0 Å². The van der Waals surface area contributed by atoms with E-state index in [0.29, 0.717) is 0 Å². The molecule has 3 aromatic carbocycles.